The van der Waals surface area contributed by atoms with E-state index in [9.17, 15) is 13.9 Å². The number of fused-ring (bicyclic) bond motifs is 1. The fourth-order valence-corrected chi connectivity index (χ4v) is 3.67. The van der Waals surface area contributed by atoms with Crippen molar-refractivity contribution in [2.24, 2.45) is 0 Å². The highest BCUT2D eigenvalue weighted by atomic mass is 19.2. The van der Waals surface area contributed by atoms with Gasteiger partial charge in [-0.25, -0.2) is 4.39 Å². The van der Waals surface area contributed by atoms with Gasteiger partial charge in [0.05, 0.1) is 0 Å². The molecule has 1 unspecified atom stereocenters. The molecule has 0 fully saturated rings. The molecule has 0 saturated heterocycles. The van der Waals surface area contributed by atoms with Crippen LogP contribution in [-0.2, 0) is 19.3 Å². The first-order valence-corrected chi connectivity index (χ1v) is 9.23. The first-order chi connectivity index (χ1) is 12.1. The van der Waals surface area contributed by atoms with Crippen LogP contribution in [0.2, 0.25) is 0 Å². The minimum Gasteiger partial charge on any atom is -0.505 e. The molecular formula is C21H25F2NO. The Kier molecular flexibility index (Phi) is 5.67. The zero-order valence-corrected chi connectivity index (χ0v) is 14.7. The summed E-state index contributed by atoms with van der Waals surface area (Å²) in [5.74, 6) is -2.49. The molecule has 1 aliphatic rings. The first-order valence-electron chi connectivity index (χ1n) is 9.23. The van der Waals surface area contributed by atoms with E-state index in [0.29, 0.717) is 24.0 Å². The lowest BCUT2D eigenvalue weighted by molar-refractivity contribution is 0.397. The van der Waals surface area contributed by atoms with Crippen molar-refractivity contribution in [2.75, 3.05) is 0 Å². The summed E-state index contributed by atoms with van der Waals surface area (Å²) >= 11 is 0. The summed E-state index contributed by atoms with van der Waals surface area (Å²) in [7, 11) is 0. The van der Waals surface area contributed by atoms with Crippen LogP contribution in [0.1, 0.15) is 67.3 Å². The molecule has 0 spiro atoms. The predicted molar refractivity (Wildman–Crippen MR) is 94.9 cm³/mol. The number of nitrogens with zero attached hydrogens (tertiary/aromatic N) is 1. The number of hydrogen-bond acceptors (Lipinski definition) is 2. The molecule has 1 atom stereocenters. The summed E-state index contributed by atoms with van der Waals surface area (Å²) in [5, 5.41) is 9.45. The van der Waals surface area contributed by atoms with E-state index < -0.39 is 17.4 Å². The Morgan fingerprint density at radius 3 is 2.72 bits per heavy atom. The molecule has 0 aliphatic heterocycles. The summed E-state index contributed by atoms with van der Waals surface area (Å²) < 4.78 is 27.8. The van der Waals surface area contributed by atoms with Crippen LogP contribution in [0.5, 0.6) is 5.75 Å². The number of rotatable bonds is 6. The first kappa shape index (κ1) is 17.8. The van der Waals surface area contributed by atoms with Crippen LogP contribution in [0.15, 0.2) is 24.4 Å². The third-order valence-corrected chi connectivity index (χ3v) is 5.20. The van der Waals surface area contributed by atoms with E-state index in [1.54, 1.807) is 0 Å². The number of phenols is 1. The highest BCUT2D eigenvalue weighted by molar-refractivity contribution is 5.41. The molecule has 25 heavy (non-hydrogen) atoms. The van der Waals surface area contributed by atoms with E-state index in [1.165, 1.54) is 25.3 Å². The van der Waals surface area contributed by atoms with Crippen LogP contribution in [0.25, 0.3) is 0 Å². The Morgan fingerprint density at radius 2 is 2.00 bits per heavy atom. The lowest BCUT2D eigenvalue weighted by Gasteiger charge is -2.25. The third-order valence-electron chi connectivity index (χ3n) is 5.20. The van der Waals surface area contributed by atoms with E-state index in [1.807, 2.05) is 6.20 Å². The number of benzene rings is 1. The zero-order valence-electron chi connectivity index (χ0n) is 14.7. The minimum atomic E-state index is -1.14. The second-order valence-corrected chi connectivity index (χ2v) is 6.99. The number of unbranched alkanes of at least 4 members (excludes halogenated alkanes) is 3. The molecule has 3 rings (SSSR count). The molecule has 1 heterocycles. The zero-order chi connectivity index (χ0) is 17.8. The largest absolute Gasteiger partial charge is 0.505 e. The molecule has 2 aromatic rings. The second kappa shape index (κ2) is 7.94. The summed E-state index contributed by atoms with van der Waals surface area (Å²) in [6.07, 6.45) is 9.71. The van der Waals surface area contributed by atoms with Crippen molar-refractivity contribution in [1.29, 1.82) is 0 Å². The summed E-state index contributed by atoms with van der Waals surface area (Å²) in [5.41, 5.74) is 3.29. The number of hydrogen-bond donors (Lipinski definition) is 1. The van der Waals surface area contributed by atoms with E-state index in [2.05, 4.69) is 24.0 Å². The van der Waals surface area contributed by atoms with Crippen LogP contribution in [0.3, 0.4) is 0 Å². The highest BCUT2D eigenvalue weighted by Crippen LogP contribution is 2.37. The molecule has 2 nitrogen and oxygen atoms in total. The normalized spacial score (nSPS) is 16.7. The highest BCUT2D eigenvalue weighted by Gasteiger charge is 2.26. The van der Waals surface area contributed by atoms with Crippen molar-refractivity contribution in [3.05, 3.63) is 58.4 Å². The van der Waals surface area contributed by atoms with Gasteiger partial charge >= 0.3 is 0 Å². The maximum Gasteiger partial charge on any atom is 0.200 e. The summed E-state index contributed by atoms with van der Waals surface area (Å²) in [4.78, 5) is 4.55. The Labute approximate surface area is 147 Å². The number of aromatic hydroxyl groups is 1. The van der Waals surface area contributed by atoms with Gasteiger partial charge in [0.15, 0.2) is 11.6 Å². The van der Waals surface area contributed by atoms with E-state index in [0.717, 1.165) is 30.5 Å². The molecule has 4 heteroatoms. The average Bonchev–Trinajstić information content (AvgIpc) is 2.64. The van der Waals surface area contributed by atoms with Crippen molar-refractivity contribution in [3.63, 3.8) is 0 Å². The number of phenolic OH excluding ortho intramolecular Hbond substituents is 1. The number of pyridine rings is 1. The Morgan fingerprint density at radius 1 is 1.16 bits per heavy atom. The van der Waals surface area contributed by atoms with E-state index >= 15 is 0 Å². The fraction of sp³-hybridized carbons (Fsp3) is 0.476. The molecule has 1 aromatic heterocycles. The average molecular weight is 345 g/mol. The van der Waals surface area contributed by atoms with Crippen molar-refractivity contribution in [1.82, 2.24) is 4.98 Å². The standard InChI is InChI=1S/C21H25F2NO/c1-2-3-4-5-6-17-10-9-16(13-24-17)14-7-8-15-12-19(25)21(23)20(22)18(15)11-14/h9-10,12-14,25H,2-8,11H2,1H3. The van der Waals surface area contributed by atoms with Gasteiger partial charge in [-0.1, -0.05) is 32.3 Å². The Balaban J connectivity index is 1.68. The minimum absolute atomic E-state index is 0.146. The van der Waals surface area contributed by atoms with Crippen LogP contribution < -0.4 is 0 Å². The molecule has 1 aliphatic carbocycles. The van der Waals surface area contributed by atoms with Gasteiger partial charge in [0.1, 0.15) is 0 Å². The Bertz CT molecular complexity index is 728. The molecular weight excluding hydrogens is 320 g/mol. The second-order valence-electron chi connectivity index (χ2n) is 6.99. The molecule has 0 saturated carbocycles. The molecule has 1 aromatic carbocycles. The van der Waals surface area contributed by atoms with Crippen LogP contribution in [0.4, 0.5) is 8.78 Å². The van der Waals surface area contributed by atoms with Gasteiger partial charge in [-0.15, -0.1) is 0 Å². The molecule has 134 valence electrons. The van der Waals surface area contributed by atoms with E-state index in [-0.39, 0.29) is 5.92 Å². The summed E-state index contributed by atoms with van der Waals surface area (Å²) in [6.45, 7) is 2.20. The van der Waals surface area contributed by atoms with Gasteiger partial charge in [0.2, 0.25) is 5.82 Å². The Hall–Kier alpha value is -1.97. The SMILES string of the molecule is CCCCCCc1ccc(C2CCc3cc(O)c(F)c(F)c3C2)cn1. The van der Waals surface area contributed by atoms with Crippen molar-refractivity contribution >= 4 is 0 Å². The maximum atomic E-state index is 14.1. The number of aromatic nitrogens is 1. The van der Waals surface area contributed by atoms with Gasteiger partial charge in [0.25, 0.3) is 0 Å². The third kappa shape index (κ3) is 4.00. The van der Waals surface area contributed by atoms with Gasteiger partial charge in [-0.05, 0) is 66.8 Å². The van der Waals surface area contributed by atoms with Crippen molar-refractivity contribution < 1.29 is 13.9 Å². The van der Waals surface area contributed by atoms with Gasteiger partial charge in [-0.3, -0.25) is 4.98 Å². The molecule has 1 N–H and O–H groups in total. The monoisotopic (exact) mass is 345 g/mol. The predicted octanol–water partition coefficient (Wildman–Crippen LogP) is 5.46. The van der Waals surface area contributed by atoms with Crippen molar-refractivity contribution in [2.45, 2.75) is 64.2 Å². The van der Waals surface area contributed by atoms with Gasteiger partial charge in [0, 0.05) is 11.9 Å². The molecule has 0 amide bonds. The molecule has 0 radical (unpaired) electrons. The van der Waals surface area contributed by atoms with Crippen LogP contribution in [-0.4, -0.2) is 10.1 Å². The van der Waals surface area contributed by atoms with Gasteiger partial charge in [-0.2, -0.15) is 4.39 Å². The smallest absolute Gasteiger partial charge is 0.200 e. The lowest BCUT2D eigenvalue weighted by Crippen LogP contribution is -2.15. The molecule has 0 bridgehead atoms. The van der Waals surface area contributed by atoms with Crippen LogP contribution >= 0.6 is 0 Å². The maximum absolute atomic E-state index is 14.1. The van der Waals surface area contributed by atoms with Gasteiger partial charge < -0.3 is 5.11 Å². The van der Waals surface area contributed by atoms with Crippen molar-refractivity contribution in [3.8, 4) is 5.75 Å². The number of halogens is 2. The van der Waals surface area contributed by atoms with Crippen LogP contribution in [0, 0.1) is 11.6 Å². The number of aryl methyl sites for hydroxylation is 2. The van der Waals surface area contributed by atoms with E-state index in [4.69, 9.17) is 0 Å². The topological polar surface area (TPSA) is 33.1 Å². The fourth-order valence-electron chi connectivity index (χ4n) is 3.67. The lowest BCUT2D eigenvalue weighted by atomic mass is 9.80. The quantitative estimate of drug-likeness (QED) is 0.705. The summed E-state index contributed by atoms with van der Waals surface area (Å²) in [6, 6.07) is 5.50.